The van der Waals surface area contributed by atoms with Crippen molar-refractivity contribution in [3.63, 3.8) is 0 Å². The normalized spacial score (nSPS) is 17.3. The minimum Gasteiger partial charge on any atom is -0.378 e. The van der Waals surface area contributed by atoms with E-state index in [1.807, 2.05) is 13.1 Å². The van der Waals surface area contributed by atoms with Crippen LogP contribution in [0, 0.1) is 6.92 Å². The zero-order valence-electron chi connectivity index (χ0n) is 15.7. The first-order valence-corrected chi connectivity index (χ1v) is 9.26. The molecule has 144 valence electrons. The summed E-state index contributed by atoms with van der Waals surface area (Å²) in [6.45, 7) is 5.71. The molecule has 1 aromatic heterocycles. The number of hydrogen-bond donors (Lipinski definition) is 2. The second-order valence-corrected chi connectivity index (χ2v) is 6.50. The molecule has 1 aromatic carbocycles. The number of ether oxygens (including phenoxy) is 1. The molecule has 6 nitrogen and oxygen atoms in total. The lowest BCUT2D eigenvalue weighted by atomic mass is 10.2. The first-order valence-electron chi connectivity index (χ1n) is 9.26. The summed E-state index contributed by atoms with van der Waals surface area (Å²) in [7, 11) is 1.81. The molecule has 3 rings (SSSR count). The van der Waals surface area contributed by atoms with Gasteiger partial charge in [0.05, 0.1) is 17.1 Å². The lowest BCUT2D eigenvalue weighted by molar-refractivity contribution is 0.105. The highest BCUT2D eigenvalue weighted by Crippen LogP contribution is 2.16. The summed E-state index contributed by atoms with van der Waals surface area (Å²) < 4.78 is 7.93. The zero-order valence-corrected chi connectivity index (χ0v) is 18.0. The van der Waals surface area contributed by atoms with Gasteiger partial charge in [0, 0.05) is 33.3 Å². The SMILES string of the molecule is CN=C(NCCCn1c(C)nc2ccccc21)NCCC1CCCO1.I. The van der Waals surface area contributed by atoms with E-state index in [1.54, 1.807) is 0 Å². The number of aliphatic imine (C=N–C) groups is 1. The molecule has 2 aromatic rings. The predicted molar refractivity (Wildman–Crippen MR) is 117 cm³/mol. The van der Waals surface area contributed by atoms with Crippen molar-refractivity contribution in [1.82, 2.24) is 20.2 Å². The average molecular weight is 471 g/mol. The molecule has 1 unspecified atom stereocenters. The van der Waals surface area contributed by atoms with Crippen LogP contribution in [0.4, 0.5) is 0 Å². The molecule has 0 bridgehead atoms. The van der Waals surface area contributed by atoms with Gasteiger partial charge in [0.2, 0.25) is 0 Å². The second kappa shape index (κ2) is 10.7. The van der Waals surface area contributed by atoms with E-state index in [-0.39, 0.29) is 24.0 Å². The van der Waals surface area contributed by atoms with Crippen molar-refractivity contribution in [3.8, 4) is 0 Å². The lowest BCUT2D eigenvalue weighted by Crippen LogP contribution is -2.39. The van der Waals surface area contributed by atoms with Gasteiger partial charge in [0.25, 0.3) is 0 Å². The molecule has 0 aliphatic carbocycles. The van der Waals surface area contributed by atoms with Crippen LogP contribution in [0.25, 0.3) is 11.0 Å². The standard InChI is InChI=1S/C19H29N5O.HI/c1-15-23-17-8-3-4-9-18(17)24(15)13-6-11-21-19(20-2)22-12-10-16-7-5-14-25-16;/h3-4,8-9,16H,5-7,10-14H2,1-2H3,(H2,20,21,22);1H. The van der Waals surface area contributed by atoms with Crippen molar-refractivity contribution in [2.24, 2.45) is 4.99 Å². The number of fused-ring (bicyclic) bond motifs is 1. The summed E-state index contributed by atoms with van der Waals surface area (Å²) >= 11 is 0. The summed E-state index contributed by atoms with van der Waals surface area (Å²) in [5.41, 5.74) is 2.28. The maximum absolute atomic E-state index is 5.65. The van der Waals surface area contributed by atoms with Crippen LogP contribution in [0.15, 0.2) is 29.3 Å². The fourth-order valence-electron chi connectivity index (χ4n) is 3.37. The first kappa shape index (κ1) is 21.0. The van der Waals surface area contributed by atoms with Crippen LogP contribution in [0.5, 0.6) is 0 Å². The highest BCUT2D eigenvalue weighted by Gasteiger charge is 2.14. The minimum absolute atomic E-state index is 0. The summed E-state index contributed by atoms with van der Waals surface area (Å²) in [6.07, 6.45) is 4.86. The molecule has 0 amide bonds. The molecule has 1 saturated heterocycles. The number of hydrogen-bond acceptors (Lipinski definition) is 3. The summed E-state index contributed by atoms with van der Waals surface area (Å²) in [6, 6.07) is 8.30. The lowest BCUT2D eigenvalue weighted by Gasteiger charge is -2.14. The number of para-hydroxylation sites is 2. The van der Waals surface area contributed by atoms with E-state index in [0.717, 1.165) is 56.4 Å². The topological polar surface area (TPSA) is 63.5 Å². The van der Waals surface area contributed by atoms with Crippen LogP contribution in [0.3, 0.4) is 0 Å². The monoisotopic (exact) mass is 471 g/mol. The van der Waals surface area contributed by atoms with Crippen molar-refractivity contribution < 1.29 is 4.74 Å². The molecule has 7 heteroatoms. The maximum Gasteiger partial charge on any atom is 0.190 e. The first-order chi connectivity index (χ1) is 12.3. The van der Waals surface area contributed by atoms with Crippen LogP contribution in [0.2, 0.25) is 0 Å². The van der Waals surface area contributed by atoms with Gasteiger partial charge >= 0.3 is 0 Å². The highest BCUT2D eigenvalue weighted by atomic mass is 127. The Morgan fingerprint density at radius 2 is 2.12 bits per heavy atom. The molecule has 1 fully saturated rings. The molecule has 1 aliphatic heterocycles. The van der Waals surface area contributed by atoms with Crippen molar-refractivity contribution in [2.75, 3.05) is 26.7 Å². The van der Waals surface area contributed by atoms with E-state index >= 15 is 0 Å². The number of nitrogens with zero attached hydrogens (tertiary/aromatic N) is 3. The number of guanidine groups is 1. The summed E-state index contributed by atoms with van der Waals surface area (Å²) in [5.74, 6) is 1.94. The van der Waals surface area contributed by atoms with Crippen molar-refractivity contribution >= 4 is 41.0 Å². The van der Waals surface area contributed by atoms with Crippen molar-refractivity contribution in [3.05, 3.63) is 30.1 Å². The largest absolute Gasteiger partial charge is 0.378 e. The molecule has 0 saturated carbocycles. The average Bonchev–Trinajstić information content (AvgIpc) is 3.24. The van der Waals surface area contributed by atoms with Gasteiger partial charge in [-0.1, -0.05) is 12.1 Å². The molecule has 0 radical (unpaired) electrons. The van der Waals surface area contributed by atoms with Crippen LogP contribution in [-0.2, 0) is 11.3 Å². The number of aromatic nitrogens is 2. The Morgan fingerprint density at radius 3 is 2.88 bits per heavy atom. The maximum atomic E-state index is 5.65. The van der Waals surface area contributed by atoms with Crippen LogP contribution in [-0.4, -0.2) is 48.4 Å². The van der Waals surface area contributed by atoms with E-state index in [9.17, 15) is 0 Å². The van der Waals surface area contributed by atoms with E-state index in [2.05, 4.69) is 50.3 Å². The van der Waals surface area contributed by atoms with Gasteiger partial charge < -0.3 is 19.9 Å². The summed E-state index contributed by atoms with van der Waals surface area (Å²) in [4.78, 5) is 8.90. The number of nitrogens with one attached hydrogen (secondary N) is 2. The molecular formula is C19H30IN5O. The third kappa shape index (κ3) is 5.57. The van der Waals surface area contributed by atoms with Gasteiger partial charge in [-0.25, -0.2) is 4.98 Å². The predicted octanol–water partition coefficient (Wildman–Crippen LogP) is 3.09. The Labute approximate surface area is 172 Å². The smallest absolute Gasteiger partial charge is 0.190 e. The van der Waals surface area contributed by atoms with E-state index in [4.69, 9.17) is 4.74 Å². The Hall–Kier alpha value is -1.35. The molecule has 26 heavy (non-hydrogen) atoms. The van der Waals surface area contributed by atoms with Crippen molar-refractivity contribution in [1.29, 1.82) is 0 Å². The number of halogens is 1. The number of aryl methyl sites for hydroxylation is 2. The van der Waals surface area contributed by atoms with Gasteiger partial charge in [-0.05, 0) is 44.7 Å². The van der Waals surface area contributed by atoms with Gasteiger partial charge in [0.1, 0.15) is 5.82 Å². The molecule has 2 heterocycles. The molecule has 0 spiro atoms. The molecule has 1 aliphatic rings. The Balaban J connectivity index is 0.00000243. The fraction of sp³-hybridized carbons (Fsp3) is 0.579. The number of rotatable bonds is 7. The fourth-order valence-corrected chi connectivity index (χ4v) is 3.37. The van der Waals surface area contributed by atoms with E-state index in [1.165, 1.54) is 18.4 Å². The highest BCUT2D eigenvalue weighted by molar-refractivity contribution is 14.0. The quantitative estimate of drug-likeness (QED) is 0.282. The van der Waals surface area contributed by atoms with Gasteiger partial charge in [-0.3, -0.25) is 4.99 Å². The van der Waals surface area contributed by atoms with Crippen LogP contribution in [0.1, 0.15) is 31.5 Å². The third-order valence-corrected chi connectivity index (χ3v) is 4.70. The third-order valence-electron chi connectivity index (χ3n) is 4.70. The molecule has 2 N–H and O–H groups in total. The minimum atomic E-state index is 0. The van der Waals surface area contributed by atoms with Crippen LogP contribution < -0.4 is 10.6 Å². The van der Waals surface area contributed by atoms with Crippen LogP contribution >= 0.6 is 24.0 Å². The van der Waals surface area contributed by atoms with Crippen molar-refractivity contribution in [2.45, 2.75) is 45.3 Å². The van der Waals surface area contributed by atoms with Gasteiger partial charge in [0.15, 0.2) is 5.96 Å². The molecular weight excluding hydrogens is 441 g/mol. The second-order valence-electron chi connectivity index (χ2n) is 6.50. The Morgan fingerprint density at radius 1 is 1.31 bits per heavy atom. The van der Waals surface area contributed by atoms with E-state index < -0.39 is 0 Å². The summed E-state index contributed by atoms with van der Waals surface area (Å²) in [5, 5.41) is 6.76. The molecule has 1 atom stereocenters. The zero-order chi connectivity index (χ0) is 17.5. The Kier molecular flexibility index (Phi) is 8.64. The number of benzene rings is 1. The van der Waals surface area contributed by atoms with Gasteiger partial charge in [-0.15, -0.1) is 24.0 Å². The van der Waals surface area contributed by atoms with Gasteiger partial charge in [-0.2, -0.15) is 0 Å². The number of imidazole rings is 1. The Bertz CT molecular complexity index is 709. The van der Waals surface area contributed by atoms with E-state index in [0.29, 0.717) is 6.10 Å².